The van der Waals surface area contributed by atoms with Crippen LogP contribution in [-0.4, -0.2) is 19.2 Å². The number of piperidine rings is 1. The van der Waals surface area contributed by atoms with E-state index in [9.17, 15) is 5.26 Å². The fourth-order valence-corrected chi connectivity index (χ4v) is 2.76. The molecule has 1 atom stereocenters. The van der Waals surface area contributed by atoms with Crippen molar-refractivity contribution in [2.75, 3.05) is 18.6 Å². The summed E-state index contributed by atoms with van der Waals surface area (Å²) in [7, 11) is 1.70. The standard InChI is InChI=1S/C16H22N2O/c1-12-5-6-15(19-4)14(9-12)18-11-13(10-17)7-8-16(18,2)3/h5-6,9,13H,7-8,11H2,1-4H3. The molecule has 19 heavy (non-hydrogen) atoms. The Morgan fingerprint density at radius 3 is 2.79 bits per heavy atom. The van der Waals surface area contributed by atoms with E-state index in [0.29, 0.717) is 0 Å². The van der Waals surface area contributed by atoms with E-state index in [1.807, 2.05) is 6.07 Å². The average Bonchev–Trinajstić information content (AvgIpc) is 2.38. The van der Waals surface area contributed by atoms with E-state index in [1.165, 1.54) is 5.56 Å². The van der Waals surface area contributed by atoms with E-state index in [0.717, 1.165) is 30.8 Å². The molecule has 1 aromatic carbocycles. The Balaban J connectivity index is 2.42. The summed E-state index contributed by atoms with van der Waals surface area (Å²) >= 11 is 0. The molecular formula is C16H22N2O. The average molecular weight is 258 g/mol. The summed E-state index contributed by atoms with van der Waals surface area (Å²) in [6.45, 7) is 7.34. The third-order valence-corrected chi connectivity index (χ3v) is 4.05. The maximum absolute atomic E-state index is 9.20. The van der Waals surface area contributed by atoms with Crippen molar-refractivity contribution < 1.29 is 4.74 Å². The van der Waals surface area contributed by atoms with Crippen LogP contribution in [0.15, 0.2) is 18.2 Å². The van der Waals surface area contributed by atoms with Gasteiger partial charge in [-0.25, -0.2) is 0 Å². The summed E-state index contributed by atoms with van der Waals surface area (Å²) in [5.74, 6) is 0.996. The molecule has 1 aliphatic rings. The summed E-state index contributed by atoms with van der Waals surface area (Å²) < 4.78 is 5.49. The first-order valence-corrected chi connectivity index (χ1v) is 6.80. The fourth-order valence-electron chi connectivity index (χ4n) is 2.76. The molecular weight excluding hydrogens is 236 g/mol. The van der Waals surface area contributed by atoms with Crippen LogP contribution in [0.5, 0.6) is 5.75 Å². The van der Waals surface area contributed by atoms with Crippen LogP contribution in [-0.2, 0) is 0 Å². The SMILES string of the molecule is COc1ccc(C)cc1N1CC(C#N)CCC1(C)C. The molecule has 0 amide bonds. The zero-order chi connectivity index (χ0) is 14.0. The number of aryl methyl sites for hydroxylation is 1. The molecule has 1 saturated heterocycles. The summed E-state index contributed by atoms with van der Waals surface area (Å²) in [4.78, 5) is 2.33. The normalized spacial score (nSPS) is 21.8. The second-order valence-electron chi connectivity index (χ2n) is 5.96. The van der Waals surface area contributed by atoms with Crippen molar-refractivity contribution in [3.63, 3.8) is 0 Å². The zero-order valence-electron chi connectivity index (χ0n) is 12.2. The van der Waals surface area contributed by atoms with Crippen LogP contribution >= 0.6 is 0 Å². The van der Waals surface area contributed by atoms with E-state index in [2.05, 4.69) is 43.9 Å². The lowest BCUT2D eigenvalue weighted by Gasteiger charge is -2.46. The molecule has 1 heterocycles. The van der Waals surface area contributed by atoms with Crippen LogP contribution in [0.1, 0.15) is 32.3 Å². The van der Waals surface area contributed by atoms with Crippen LogP contribution in [0.2, 0.25) is 0 Å². The second-order valence-corrected chi connectivity index (χ2v) is 5.96. The van der Waals surface area contributed by atoms with Gasteiger partial charge in [0, 0.05) is 12.1 Å². The van der Waals surface area contributed by atoms with Gasteiger partial charge in [0.2, 0.25) is 0 Å². The molecule has 1 aromatic rings. The predicted molar refractivity (Wildman–Crippen MR) is 77.5 cm³/mol. The third-order valence-electron chi connectivity index (χ3n) is 4.05. The monoisotopic (exact) mass is 258 g/mol. The van der Waals surface area contributed by atoms with E-state index < -0.39 is 0 Å². The van der Waals surface area contributed by atoms with Crippen molar-refractivity contribution in [2.45, 2.75) is 39.2 Å². The first-order chi connectivity index (χ1) is 8.97. The van der Waals surface area contributed by atoms with Crippen LogP contribution in [0.25, 0.3) is 0 Å². The highest BCUT2D eigenvalue weighted by Gasteiger charge is 2.35. The molecule has 102 valence electrons. The summed E-state index contributed by atoms with van der Waals surface area (Å²) in [6.07, 6.45) is 2.01. The molecule has 0 radical (unpaired) electrons. The van der Waals surface area contributed by atoms with Crippen molar-refractivity contribution >= 4 is 5.69 Å². The lowest BCUT2D eigenvalue weighted by Crippen LogP contribution is -2.50. The number of ether oxygens (including phenoxy) is 1. The Kier molecular flexibility index (Phi) is 3.71. The molecule has 0 aliphatic carbocycles. The van der Waals surface area contributed by atoms with Crippen LogP contribution in [0.4, 0.5) is 5.69 Å². The Hall–Kier alpha value is -1.69. The predicted octanol–water partition coefficient (Wildman–Crippen LogP) is 3.52. The van der Waals surface area contributed by atoms with Gasteiger partial charge in [-0.1, -0.05) is 6.07 Å². The zero-order valence-corrected chi connectivity index (χ0v) is 12.2. The highest BCUT2D eigenvalue weighted by Crippen LogP contribution is 2.39. The largest absolute Gasteiger partial charge is 0.495 e. The van der Waals surface area contributed by atoms with Crippen LogP contribution in [0.3, 0.4) is 0 Å². The number of nitrogens with zero attached hydrogens (tertiary/aromatic N) is 2. The number of methoxy groups -OCH3 is 1. The minimum Gasteiger partial charge on any atom is -0.495 e. The number of nitriles is 1. The molecule has 0 N–H and O–H groups in total. The van der Waals surface area contributed by atoms with Gasteiger partial charge >= 0.3 is 0 Å². The topological polar surface area (TPSA) is 36.3 Å². The van der Waals surface area contributed by atoms with Crippen molar-refractivity contribution in [1.82, 2.24) is 0 Å². The first-order valence-electron chi connectivity index (χ1n) is 6.80. The molecule has 0 saturated carbocycles. The molecule has 3 nitrogen and oxygen atoms in total. The van der Waals surface area contributed by atoms with Crippen molar-refractivity contribution in [3.8, 4) is 11.8 Å². The van der Waals surface area contributed by atoms with Gasteiger partial charge in [0.05, 0.1) is 24.8 Å². The van der Waals surface area contributed by atoms with Gasteiger partial charge in [-0.2, -0.15) is 5.26 Å². The molecule has 3 heteroatoms. The number of anilines is 1. The van der Waals surface area contributed by atoms with E-state index in [-0.39, 0.29) is 11.5 Å². The highest BCUT2D eigenvalue weighted by molar-refractivity contribution is 5.62. The molecule has 0 spiro atoms. The van der Waals surface area contributed by atoms with Gasteiger partial charge in [-0.15, -0.1) is 0 Å². The van der Waals surface area contributed by atoms with Gasteiger partial charge < -0.3 is 9.64 Å². The molecule has 1 aliphatic heterocycles. The minimum absolute atomic E-state index is 0.0639. The Bertz CT molecular complexity index is 502. The van der Waals surface area contributed by atoms with Crippen LogP contribution in [0, 0.1) is 24.2 Å². The Morgan fingerprint density at radius 1 is 1.42 bits per heavy atom. The lowest BCUT2D eigenvalue weighted by atomic mass is 9.84. The summed E-state index contributed by atoms with van der Waals surface area (Å²) in [5.41, 5.74) is 2.38. The molecule has 0 bridgehead atoms. The number of benzene rings is 1. The Morgan fingerprint density at radius 2 is 2.16 bits per heavy atom. The highest BCUT2D eigenvalue weighted by atomic mass is 16.5. The number of hydrogen-bond donors (Lipinski definition) is 0. The van der Waals surface area contributed by atoms with Crippen molar-refractivity contribution in [3.05, 3.63) is 23.8 Å². The van der Waals surface area contributed by atoms with E-state index in [1.54, 1.807) is 7.11 Å². The number of rotatable bonds is 2. The van der Waals surface area contributed by atoms with Gasteiger partial charge in [-0.3, -0.25) is 0 Å². The number of hydrogen-bond acceptors (Lipinski definition) is 3. The van der Waals surface area contributed by atoms with Gasteiger partial charge in [0.15, 0.2) is 0 Å². The molecule has 1 unspecified atom stereocenters. The molecule has 0 aromatic heterocycles. The van der Waals surface area contributed by atoms with Gasteiger partial charge in [0.25, 0.3) is 0 Å². The summed E-state index contributed by atoms with van der Waals surface area (Å²) in [5, 5.41) is 9.20. The van der Waals surface area contributed by atoms with Crippen molar-refractivity contribution in [1.29, 1.82) is 5.26 Å². The third kappa shape index (κ3) is 2.68. The maximum Gasteiger partial charge on any atom is 0.142 e. The molecule has 2 rings (SSSR count). The summed E-state index contributed by atoms with van der Waals surface area (Å²) in [6, 6.07) is 8.63. The van der Waals surface area contributed by atoms with E-state index in [4.69, 9.17) is 4.74 Å². The minimum atomic E-state index is 0.0639. The van der Waals surface area contributed by atoms with Crippen LogP contribution < -0.4 is 9.64 Å². The van der Waals surface area contributed by atoms with Gasteiger partial charge in [0.1, 0.15) is 5.75 Å². The second kappa shape index (κ2) is 5.13. The Labute approximate surface area is 115 Å². The smallest absolute Gasteiger partial charge is 0.142 e. The fraction of sp³-hybridized carbons (Fsp3) is 0.562. The van der Waals surface area contributed by atoms with E-state index >= 15 is 0 Å². The maximum atomic E-state index is 9.20. The van der Waals surface area contributed by atoms with Gasteiger partial charge in [-0.05, 0) is 51.3 Å². The first kappa shape index (κ1) is 13.7. The lowest BCUT2D eigenvalue weighted by molar-refractivity contribution is 0.320. The molecule has 1 fully saturated rings. The van der Waals surface area contributed by atoms with Crippen molar-refractivity contribution in [2.24, 2.45) is 5.92 Å². The quantitative estimate of drug-likeness (QED) is 0.814.